The number of benzene rings is 1. The molecule has 0 bridgehead atoms. The highest BCUT2D eigenvalue weighted by molar-refractivity contribution is 6.38. The van der Waals surface area contributed by atoms with Crippen molar-refractivity contribution in [2.45, 2.75) is 0 Å². The first kappa shape index (κ1) is 10.4. The third-order valence-electron chi connectivity index (χ3n) is 2.70. The van der Waals surface area contributed by atoms with Gasteiger partial charge in [0.25, 0.3) is 11.8 Å². The Labute approximate surface area is 101 Å². The molecule has 2 aliphatic rings. The maximum atomic E-state index is 11.7. The van der Waals surface area contributed by atoms with E-state index in [1.807, 2.05) is 16.7 Å². The van der Waals surface area contributed by atoms with E-state index in [4.69, 9.17) is 0 Å². The first-order valence-corrected chi connectivity index (χ1v) is 5.21. The first-order chi connectivity index (χ1) is 8.66. The summed E-state index contributed by atoms with van der Waals surface area (Å²) in [4.78, 5) is 38.5. The maximum absolute atomic E-state index is 11.7. The van der Waals surface area contributed by atoms with E-state index in [2.05, 4.69) is 4.99 Å². The zero-order valence-corrected chi connectivity index (χ0v) is 9.06. The summed E-state index contributed by atoms with van der Waals surface area (Å²) in [7, 11) is 0. The summed E-state index contributed by atoms with van der Waals surface area (Å²) in [5.74, 6) is -1.41. The second-order valence-electron chi connectivity index (χ2n) is 3.80. The van der Waals surface area contributed by atoms with E-state index >= 15 is 0 Å². The highest BCUT2D eigenvalue weighted by Crippen LogP contribution is 2.33. The fourth-order valence-electron chi connectivity index (χ4n) is 1.93. The number of carbonyl (C=O) groups is 3. The largest absolute Gasteiger partial charge is 0.328 e. The fourth-order valence-corrected chi connectivity index (χ4v) is 1.93. The van der Waals surface area contributed by atoms with Crippen LogP contribution >= 0.6 is 0 Å². The highest BCUT2D eigenvalue weighted by atomic mass is 16.2. The second-order valence-corrected chi connectivity index (χ2v) is 3.80. The van der Waals surface area contributed by atoms with Gasteiger partial charge >= 0.3 is 6.03 Å². The number of carbonyl (C=O) groups excluding carboxylic acids is 3. The molecule has 0 aromatic heterocycles. The van der Waals surface area contributed by atoms with Crippen LogP contribution in [0.1, 0.15) is 5.56 Å². The number of nitrogens with one attached hydrogen (secondary N) is 2. The van der Waals surface area contributed by atoms with Gasteiger partial charge in [-0.1, -0.05) is 18.2 Å². The third-order valence-corrected chi connectivity index (χ3v) is 2.70. The zero-order valence-electron chi connectivity index (χ0n) is 9.06. The van der Waals surface area contributed by atoms with Crippen LogP contribution in [0.5, 0.6) is 0 Å². The number of urea groups is 1. The molecule has 0 spiro atoms. The molecule has 6 heteroatoms. The monoisotopic (exact) mass is 241 g/mol. The molecule has 88 valence electrons. The van der Waals surface area contributed by atoms with E-state index in [9.17, 15) is 14.4 Å². The number of nitrogens with zero attached hydrogens (tertiary/aromatic N) is 1. The van der Waals surface area contributed by atoms with Gasteiger partial charge in [0.1, 0.15) is 5.57 Å². The quantitative estimate of drug-likeness (QED) is 0.512. The summed E-state index contributed by atoms with van der Waals surface area (Å²) in [6.07, 6.45) is 1.45. The van der Waals surface area contributed by atoms with Crippen LogP contribution in [-0.4, -0.2) is 24.1 Å². The van der Waals surface area contributed by atoms with Gasteiger partial charge in [-0.25, -0.2) is 4.79 Å². The van der Waals surface area contributed by atoms with Crippen molar-refractivity contribution in [2.75, 3.05) is 0 Å². The van der Waals surface area contributed by atoms with Gasteiger partial charge in [0.05, 0.1) is 5.69 Å². The van der Waals surface area contributed by atoms with Crippen molar-refractivity contribution in [3.05, 3.63) is 35.4 Å². The summed E-state index contributed by atoms with van der Waals surface area (Å²) >= 11 is 0. The number of barbiturate groups is 1. The van der Waals surface area contributed by atoms with Gasteiger partial charge < -0.3 is 0 Å². The van der Waals surface area contributed by atoms with Crippen molar-refractivity contribution in [1.29, 1.82) is 0 Å². The number of rotatable bonds is 0. The maximum Gasteiger partial charge on any atom is 0.328 e. The topological polar surface area (TPSA) is 87.6 Å². The second kappa shape index (κ2) is 3.63. The van der Waals surface area contributed by atoms with Crippen molar-refractivity contribution >= 4 is 35.3 Å². The number of allylic oxidation sites excluding steroid dienone is 1. The smallest absolute Gasteiger partial charge is 0.273 e. The minimum absolute atomic E-state index is 0.0942. The van der Waals surface area contributed by atoms with E-state index < -0.39 is 17.8 Å². The van der Waals surface area contributed by atoms with Crippen LogP contribution in [0.2, 0.25) is 0 Å². The van der Waals surface area contributed by atoms with Crippen LogP contribution in [-0.2, 0) is 9.59 Å². The fraction of sp³-hybridized carbons (Fsp3) is 0. The Kier molecular flexibility index (Phi) is 2.09. The summed E-state index contributed by atoms with van der Waals surface area (Å²) < 4.78 is 0. The number of amides is 4. The van der Waals surface area contributed by atoms with Crippen LogP contribution < -0.4 is 10.6 Å². The molecule has 2 N–H and O–H groups in total. The lowest BCUT2D eigenvalue weighted by Gasteiger charge is -2.15. The molecule has 1 fully saturated rings. The minimum Gasteiger partial charge on any atom is -0.273 e. The summed E-state index contributed by atoms with van der Waals surface area (Å²) in [5, 5.41) is 4.08. The molecule has 2 aliphatic heterocycles. The molecule has 1 saturated heterocycles. The molecule has 4 amide bonds. The summed E-state index contributed by atoms with van der Waals surface area (Å²) in [6.45, 7) is 0. The number of hydrogen-bond donors (Lipinski definition) is 2. The molecule has 1 aromatic carbocycles. The number of imide groups is 2. The molecule has 0 aliphatic carbocycles. The number of fused-ring (bicyclic) bond motifs is 1. The molecule has 0 saturated carbocycles. The lowest BCUT2D eigenvalue weighted by atomic mass is 9.99. The third kappa shape index (κ3) is 1.43. The first-order valence-electron chi connectivity index (χ1n) is 5.21. The molecular weight excluding hydrogens is 234 g/mol. The minimum atomic E-state index is -0.808. The van der Waals surface area contributed by atoms with E-state index in [0.717, 1.165) is 0 Å². The Balaban J connectivity index is 2.17. The van der Waals surface area contributed by atoms with Crippen LogP contribution in [0.3, 0.4) is 0 Å². The van der Waals surface area contributed by atoms with Crippen LogP contribution in [0.25, 0.3) is 5.57 Å². The van der Waals surface area contributed by atoms with Crippen molar-refractivity contribution in [3.8, 4) is 0 Å². The summed E-state index contributed by atoms with van der Waals surface area (Å²) in [5.41, 5.74) is 1.72. The van der Waals surface area contributed by atoms with Crippen molar-refractivity contribution in [2.24, 2.45) is 4.99 Å². The predicted molar refractivity (Wildman–Crippen MR) is 63.2 cm³/mol. The Morgan fingerprint density at radius 1 is 0.944 bits per heavy atom. The molecule has 18 heavy (non-hydrogen) atoms. The molecule has 1 aromatic rings. The van der Waals surface area contributed by atoms with Gasteiger partial charge in [0, 0.05) is 17.4 Å². The van der Waals surface area contributed by atoms with E-state index in [-0.39, 0.29) is 5.57 Å². The number of para-hydroxylation sites is 1. The van der Waals surface area contributed by atoms with Gasteiger partial charge in [-0.15, -0.1) is 0 Å². The highest BCUT2D eigenvalue weighted by Gasteiger charge is 2.32. The molecule has 6 nitrogen and oxygen atoms in total. The molecule has 0 unspecified atom stereocenters. The van der Waals surface area contributed by atoms with Gasteiger partial charge in [0.2, 0.25) is 0 Å². The Morgan fingerprint density at radius 2 is 1.61 bits per heavy atom. The SMILES string of the molecule is O=C1NC(=O)C(=C2C=Nc3ccccc32)C(=O)N1. The van der Waals surface area contributed by atoms with Crippen LogP contribution in [0.15, 0.2) is 34.8 Å². The molecule has 0 radical (unpaired) electrons. The lowest BCUT2D eigenvalue weighted by Crippen LogP contribution is -2.51. The molecule has 2 heterocycles. The van der Waals surface area contributed by atoms with Crippen LogP contribution in [0, 0.1) is 0 Å². The lowest BCUT2D eigenvalue weighted by molar-refractivity contribution is -0.123. The Hall–Kier alpha value is -2.76. The number of aliphatic imine (C=N–C) groups is 1. The predicted octanol–water partition coefficient (Wildman–Crippen LogP) is 0.522. The van der Waals surface area contributed by atoms with Gasteiger partial charge in [-0.2, -0.15) is 0 Å². The average Bonchev–Trinajstić information content (AvgIpc) is 2.72. The van der Waals surface area contributed by atoms with Gasteiger partial charge in [-0.3, -0.25) is 25.2 Å². The molecule has 3 rings (SSSR count). The van der Waals surface area contributed by atoms with E-state index in [1.54, 1.807) is 18.2 Å². The molecule has 0 atom stereocenters. The standard InChI is InChI=1S/C12H7N3O3/c16-10-9(11(17)15-12(18)14-10)7-5-13-8-4-2-1-3-6(7)8/h1-5H,(H2,14,15,16,17,18). The van der Waals surface area contributed by atoms with Crippen molar-refractivity contribution < 1.29 is 14.4 Å². The van der Waals surface area contributed by atoms with Crippen LogP contribution in [0.4, 0.5) is 10.5 Å². The van der Waals surface area contributed by atoms with Crippen molar-refractivity contribution in [3.63, 3.8) is 0 Å². The van der Waals surface area contributed by atoms with E-state index in [1.165, 1.54) is 6.21 Å². The molecular formula is C12H7N3O3. The van der Waals surface area contributed by atoms with Gasteiger partial charge in [-0.05, 0) is 6.07 Å². The van der Waals surface area contributed by atoms with Crippen molar-refractivity contribution in [1.82, 2.24) is 10.6 Å². The zero-order chi connectivity index (χ0) is 12.7. The number of hydrogen-bond acceptors (Lipinski definition) is 4. The van der Waals surface area contributed by atoms with Gasteiger partial charge in [0.15, 0.2) is 0 Å². The normalized spacial score (nSPS) is 17.7. The average molecular weight is 241 g/mol. The Morgan fingerprint density at radius 3 is 2.33 bits per heavy atom. The summed E-state index contributed by atoms with van der Waals surface area (Å²) in [6, 6.07) is 6.34. The van der Waals surface area contributed by atoms with E-state index in [0.29, 0.717) is 16.8 Å². The Bertz CT molecular complexity index is 636.